The van der Waals surface area contributed by atoms with E-state index in [4.69, 9.17) is 4.42 Å². The highest BCUT2D eigenvalue weighted by molar-refractivity contribution is 7.25. The van der Waals surface area contributed by atoms with Gasteiger partial charge >= 0.3 is 0 Å². The second-order valence-electron chi connectivity index (χ2n) is 20.4. The molecule has 0 saturated carbocycles. The third kappa shape index (κ3) is 5.72. The highest BCUT2D eigenvalue weighted by Crippen LogP contribution is 2.52. The Bertz CT molecular complexity index is 4070. The minimum Gasteiger partial charge on any atom is -0.455 e. The Morgan fingerprint density at radius 3 is 1.97 bits per heavy atom. The van der Waals surface area contributed by atoms with Crippen LogP contribution in [0.4, 0.5) is 11.4 Å². The number of hydrogen-bond acceptors (Lipinski definition) is 3. The van der Waals surface area contributed by atoms with E-state index in [9.17, 15) is 0 Å². The van der Waals surface area contributed by atoms with Crippen LogP contribution in [0.15, 0.2) is 186 Å². The fourth-order valence-electron chi connectivity index (χ4n) is 11.5. The van der Waals surface area contributed by atoms with Crippen molar-refractivity contribution in [2.45, 2.75) is 45.4 Å². The fourth-order valence-corrected chi connectivity index (χ4v) is 12.7. The van der Waals surface area contributed by atoms with E-state index in [-0.39, 0.29) is 10.8 Å². The molecule has 4 heterocycles. The maximum Gasteiger partial charge on any atom is 0.197 e. The quantitative estimate of drug-likeness (QED) is 0.175. The van der Waals surface area contributed by atoms with Crippen LogP contribution in [0.25, 0.3) is 103 Å². The lowest BCUT2D eigenvalue weighted by atomic mass is 9.58. The number of aromatic nitrogens is 1. The lowest BCUT2D eigenvalue weighted by molar-refractivity contribution is 0.590. The van der Waals surface area contributed by atoms with Gasteiger partial charge in [-0.25, -0.2) is 0 Å². The van der Waals surface area contributed by atoms with Gasteiger partial charge < -0.3 is 14.3 Å². The molecule has 68 heavy (non-hydrogen) atoms. The first-order valence-corrected chi connectivity index (χ1v) is 24.6. The summed E-state index contributed by atoms with van der Waals surface area (Å²) in [7, 11) is 2.46. The second-order valence-corrected chi connectivity index (χ2v) is 21.5. The van der Waals surface area contributed by atoms with E-state index in [0.29, 0.717) is 0 Å². The molecule has 12 aromatic rings. The average molecular weight is 890 g/mol. The van der Waals surface area contributed by atoms with Crippen LogP contribution in [-0.4, -0.2) is 11.8 Å². The van der Waals surface area contributed by atoms with Crippen LogP contribution in [0.1, 0.15) is 51.3 Å². The van der Waals surface area contributed by atoms with Crippen LogP contribution >= 0.6 is 11.3 Å². The Hall–Kier alpha value is -7.60. The number of hydrogen-bond donors (Lipinski definition) is 1. The molecule has 0 saturated heterocycles. The summed E-state index contributed by atoms with van der Waals surface area (Å²) in [5.41, 5.74) is 19.2. The molecule has 0 atom stereocenters. The predicted octanol–water partition coefficient (Wildman–Crippen LogP) is 16.2. The zero-order chi connectivity index (χ0) is 45.6. The van der Waals surface area contributed by atoms with Gasteiger partial charge in [0.05, 0.1) is 5.52 Å². The Morgan fingerprint density at radius 2 is 1.22 bits per heavy atom. The van der Waals surface area contributed by atoms with Gasteiger partial charge in [-0.1, -0.05) is 174 Å². The second kappa shape index (κ2) is 14.2. The van der Waals surface area contributed by atoms with Gasteiger partial charge in [0.1, 0.15) is 11.5 Å². The molecule has 2 aliphatic rings. The molecule has 0 unspecified atom stereocenters. The predicted molar refractivity (Wildman–Crippen MR) is 291 cm³/mol. The molecular weight excluding hydrogens is 844 g/mol. The van der Waals surface area contributed by atoms with Crippen LogP contribution < -0.4 is 16.2 Å². The maximum absolute atomic E-state index is 7.03. The average Bonchev–Trinajstić information content (AvgIpc) is 4.08. The fraction of sp³-hybridized carbons (Fsp3) is 0.111. The number of anilines is 2. The Kier molecular flexibility index (Phi) is 8.27. The van der Waals surface area contributed by atoms with E-state index in [1.54, 1.807) is 0 Å². The minimum absolute atomic E-state index is 0.0641. The Labute approximate surface area is 400 Å². The van der Waals surface area contributed by atoms with Crippen molar-refractivity contribution in [3.8, 4) is 50.6 Å². The number of fused-ring (bicyclic) bond motifs is 12. The van der Waals surface area contributed by atoms with Gasteiger partial charge in [-0.2, -0.15) is 0 Å². The first-order valence-electron chi connectivity index (χ1n) is 23.7. The van der Waals surface area contributed by atoms with Crippen LogP contribution in [-0.2, 0) is 10.8 Å². The van der Waals surface area contributed by atoms with Crippen molar-refractivity contribution in [3.05, 3.63) is 199 Å². The van der Waals surface area contributed by atoms with E-state index in [1.165, 1.54) is 86.4 Å². The molecule has 1 N–H and O–H groups in total. The van der Waals surface area contributed by atoms with Gasteiger partial charge in [0.2, 0.25) is 0 Å². The molecule has 1 aliphatic carbocycles. The SMILES string of the molecule is CC(C)(C)c1ccc(Nc2cc3sc4ccccc4c3cc2-c2ccc3c4cc5c(cc4n4c3c2[B]c2cc3c(-c6ccccc6)oc(-c6ccccc6)c3cc2-4)-c2ccccc2C5(C)C)cc1. The summed E-state index contributed by atoms with van der Waals surface area (Å²) in [6.45, 7) is 11.6. The monoisotopic (exact) mass is 889 g/mol. The number of thiophene rings is 1. The van der Waals surface area contributed by atoms with Gasteiger partial charge in [0, 0.05) is 86.4 Å². The number of benzene rings is 9. The van der Waals surface area contributed by atoms with Crippen LogP contribution in [0.3, 0.4) is 0 Å². The van der Waals surface area contributed by atoms with Gasteiger partial charge in [-0.15, -0.1) is 11.3 Å². The Balaban J connectivity index is 1.08. The third-order valence-corrected chi connectivity index (χ3v) is 16.1. The highest BCUT2D eigenvalue weighted by atomic mass is 32.1. The van der Waals surface area contributed by atoms with Gasteiger partial charge in [-0.05, 0) is 92.8 Å². The third-order valence-electron chi connectivity index (χ3n) is 15.0. The van der Waals surface area contributed by atoms with Gasteiger partial charge in [0.15, 0.2) is 7.28 Å². The molecule has 0 fully saturated rings. The molecule has 9 aromatic carbocycles. The van der Waals surface area contributed by atoms with Crippen LogP contribution in [0, 0.1) is 0 Å². The van der Waals surface area contributed by atoms with Crippen LogP contribution in [0.2, 0.25) is 0 Å². The Morgan fingerprint density at radius 1 is 0.529 bits per heavy atom. The van der Waals surface area contributed by atoms with Crippen molar-refractivity contribution in [1.29, 1.82) is 0 Å². The number of furan rings is 1. The normalized spacial score (nSPS) is 13.6. The van der Waals surface area contributed by atoms with E-state index in [1.807, 2.05) is 11.3 Å². The maximum atomic E-state index is 7.03. The molecular formula is C63H46BN2OS. The molecule has 1 aliphatic heterocycles. The molecule has 3 aromatic heterocycles. The minimum atomic E-state index is -0.132. The van der Waals surface area contributed by atoms with Crippen molar-refractivity contribution in [2.75, 3.05) is 5.32 Å². The smallest absolute Gasteiger partial charge is 0.197 e. The lowest BCUT2D eigenvalue weighted by Crippen LogP contribution is -2.37. The molecule has 323 valence electrons. The summed E-state index contributed by atoms with van der Waals surface area (Å²) in [6.07, 6.45) is 0. The molecule has 0 amide bonds. The summed E-state index contributed by atoms with van der Waals surface area (Å²) in [4.78, 5) is 0. The zero-order valence-corrected chi connectivity index (χ0v) is 39.5. The molecule has 0 bridgehead atoms. The summed E-state index contributed by atoms with van der Waals surface area (Å²) in [5, 5.41) is 11.2. The van der Waals surface area contributed by atoms with Crippen molar-refractivity contribution >= 4 is 93.7 Å². The van der Waals surface area contributed by atoms with Crippen molar-refractivity contribution in [1.82, 2.24) is 4.57 Å². The van der Waals surface area contributed by atoms with E-state index < -0.39 is 0 Å². The number of nitrogens with zero attached hydrogens (tertiary/aromatic N) is 1. The first kappa shape index (κ1) is 39.6. The van der Waals surface area contributed by atoms with Crippen molar-refractivity contribution in [3.63, 3.8) is 0 Å². The summed E-state index contributed by atoms with van der Waals surface area (Å²) in [5.74, 6) is 1.77. The largest absolute Gasteiger partial charge is 0.455 e. The van der Waals surface area contributed by atoms with E-state index in [0.717, 1.165) is 55.9 Å². The summed E-state index contributed by atoms with van der Waals surface area (Å²) >= 11 is 1.86. The topological polar surface area (TPSA) is 30.1 Å². The molecule has 5 heteroatoms. The lowest BCUT2D eigenvalue weighted by Gasteiger charge is -2.24. The van der Waals surface area contributed by atoms with E-state index >= 15 is 0 Å². The van der Waals surface area contributed by atoms with Gasteiger partial charge in [0.25, 0.3) is 0 Å². The van der Waals surface area contributed by atoms with Crippen LogP contribution in [0.5, 0.6) is 0 Å². The first-order chi connectivity index (χ1) is 33.1. The summed E-state index contributed by atoms with van der Waals surface area (Å²) < 4.78 is 12.2. The van der Waals surface area contributed by atoms with E-state index in [2.05, 4.69) is 234 Å². The standard InChI is InChI=1S/C63H46BN2OS/c1-62(2,3)38-24-26-39(27-25-38)65-53-35-57-47(41-21-13-15-23-56(41)68-57)30-45(53)42-28-29-43-46-31-51-44(40-20-12-14-22-50(40)63(51,4)5)33-54(46)66-55-34-49-48(32-52(55)64-58(42)59(43)66)60(36-16-8-6-9-17-36)67-61(49)37-18-10-7-11-19-37/h6-35,65H,1-5H3. The number of rotatable bonds is 5. The zero-order valence-electron chi connectivity index (χ0n) is 38.7. The molecule has 14 rings (SSSR count). The molecule has 1 radical (unpaired) electrons. The summed E-state index contributed by atoms with van der Waals surface area (Å²) in [6, 6.07) is 67.3. The molecule has 3 nitrogen and oxygen atoms in total. The van der Waals surface area contributed by atoms with Crippen molar-refractivity contribution < 1.29 is 4.42 Å². The van der Waals surface area contributed by atoms with Crippen molar-refractivity contribution in [2.24, 2.45) is 0 Å². The number of nitrogens with one attached hydrogen (secondary N) is 1. The van der Waals surface area contributed by atoms with Gasteiger partial charge in [-0.3, -0.25) is 0 Å². The highest BCUT2D eigenvalue weighted by Gasteiger charge is 2.37. The molecule has 0 spiro atoms.